The molecule has 6 nitrogen and oxygen atoms in total. The third kappa shape index (κ3) is 4.63. The van der Waals surface area contributed by atoms with Crippen molar-refractivity contribution in [3.05, 3.63) is 89.1 Å². The van der Waals surface area contributed by atoms with Gasteiger partial charge in [-0.3, -0.25) is 4.79 Å². The number of carbonyl (C=O) groups excluding carboxylic acids is 1. The molecule has 0 bridgehead atoms. The van der Waals surface area contributed by atoms with Crippen molar-refractivity contribution in [2.45, 2.75) is 44.8 Å². The van der Waals surface area contributed by atoms with Crippen molar-refractivity contribution in [3.8, 4) is 17.2 Å². The second-order valence-corrected chi connectivity index (χ2v) is 9.52. The lowest BCUT2D eigenvalue weighted by atomic mass is 9.78. The van der Waals surface area contributed by atoms with Gasteiger partial charge in [-0.25, -0.2) is 0 Å². The Kier molecular flexibility index (Phi) is 6.59. The number of Topliss-reactive ketones (excluding diaryl/α,β-unsaturated/α-hetero) is 1. The number of fused-ring (bicyclic) bond motifs is 1. The first kappa shape index (κ1) is 23.8. The van der Waals surface area contributed by atoms with Crippen LogP contribution < -0.4 is 24.8 Å². The van der Waals surface area contributed by atoms with E-state index in [1.807, 2.05) is 80.6 Å². The van der Waals surface area contributed by atoms with E-state index in [2.05, 4.69) is 10.6 Å². The van der Waals surface area contributed by atoms with Gasteiger partial charge in [-0.1, -0.05) is 30.3 Å². The molecule has 1 aliphatic carbocycles. The molecule has 2 unspecified atom stereocenters. The van der Waals surface area contributed by atoms with Crippen LogP contribution in [0.15, 0.2) is 78.0 Å². The quantitative estimate of drug-likeness (QED) is 0.418. The normalized spacial score (nSPS) is 19.0. The summed E-state index contributed by atoms with van der Waals surface area (Å²) in [6, 6.07) is 21.7. The summed E-state index contributed by atoms with van der Waals surface area (Å²) in [5, 5.41) is 7.22. The number of ether oxygens (including phenoxy) is 3. The molecule has 0 saturated carbocycles. The van der Waals surface area contributed by atoms with Crippen LogP contribution in [0.3, 0.4) is 0 Å². The number of hydrogen-bond donors (Lipinski definition) is 2. The molecule has 3 aromatic rings. The molecular weight excluding hydrogens is 452 g/mol. The summed E-state index contributed by atoms with van der Waals surface area (Å²) in [6.45, 7) is 3.98. The summed E-state index contributed by atoms with van der Waals surface area (Å²) >= 11 is 0. The van der Waals surface area contributed by atoms with Gasteiger partial charge in [-0.2, -0.15) is 0 Å². The number of carbonyl (C=O) groups is 1. The summed E-state index contributed by atoms with van der Waals surface area (Å²) < 4.78 is 16.8. The molecule has 2 N–H and O–H groups in total. The third-order valence-electron chi connectivity index (χ3n) is 6.78. The largest absolute Gasteiger partial charge is 0.497 e. The lowest BCUT2D eigenvalue weighted by molar-refractivity contribution is -0.116. The summed E-state index contributed by atoms with van der Waals surface area (Å²) in [6.07, 6.45) is 1.20. The molecule has 1 heterocycles. The third-order valence-corrected chi connectivity index (χ3v) is 6.78. The average molecular weight is 485 g/mol. The number of rotatable bonds is 6. The molecule has 0 saturated heterocycles. The van der Waals surface area contributed by atoms with Crippen LogP contribution in [0.1, 0.15) is 49.8 Å². The molecule has 1 aliphatic heterocycles. The fourth-order valence-corrected chi connectivity index (χ4v) is 5.06. The molecule has 186 valence electrons. The lowest BCUT2D eigenvalue weighted by Crippen LogP contribution is -2.26. The van der Waals surface area contributed by atoms with E-state index >= 15 is 0 Å². The maximum atomic E-state index is 13.8. The number of allylic oxidation sites excluding steroid dienone is 1. The minimum atomic E-state index is -0.258. The average Bonchev–Trinajstić information content (AvgIpc) is 3.05. The maximum Gasteiger partial charge on any atom is 0.163 e. The zero-order valence-electron chi connectivity index (χ0n) is 21.1. The fraction of sp³-hybridized carbons (Fsp3) is 0.300. The highest BCUT2D eigenvalue weighted by molar-refractivity contribution is 6.01. The van der Waals surface area contributed by atoms with Crippen molar-refractivity contribution in [2.75, 3.05) is 24.9 Å². The van der Waals surface area contributed by atoms with Gasteiger partial charge in [0.15, 0.2) is 17.3 Å². The van der Waals surface area contributed by atoms with Gasteiger partial charge in [0.05, 0.1) is 37.7 Å². The van der Waals surface area contributed by atoms with Crippen molar-refractivity contribution >= 4 is 17.2 Å². The van der Waals surface area contributed by atoms with Crippen LogP contribution in [-0.2, 0) is 4.79 Å². The van der Waals surface area contributed by atoms with Gasteiger partial charge < -0.3 is 24.8 Å². The number of nitrogens with one attached hydrogen (secondary N) is 2. The Morgan fingerprint density at radius 2 is 1.56 bits per heavy atom. The van der Waals surface area contributed by atoms with Crippen molar-refractivity contribution in [2.24, 2.45) is 0 Å². The van der Waals surface area contributed by atoms with E-state index in [9.17, 15) is 4.79 Å². The zero-order valence-corrected chi connectivity index (χ0v) is 21.1. The molecule has 36 heavy (non-hydrogen) atoms. The lowest BCUT2D eigenvalue weighted by Gasteiger charge is -2.30. The molecular formula is C30H32N2O4. The van der Waals surface area contributed by atoms with Crippen LogP contribution >= 0.6 is 0 Å². The Hall–Kier alpha value is -3.93. The van der Waals surface area contributed by atoms with Gasteiger partial charge in [0.1, 0.15) is 5.75 Å². The Morgan fingerprint density at radius 3 is 2.25 bits per heavy atom. The van der Waals surface area contributed by atoms with Crippen LogP contribution in [0.4, 0.5) is 11.4 Å². The summed E-state index contributed by atoms with van der Waals surface area (Å²) in [4.78, 5) is 13.8. The number of ketones is 1. The van der Waals surface area contributed by atoms with E-state index in [0.29, 0.717) is 17.9 Å². The smallest absolute Gasteiger partial charge is 0.163 e. The Labute approximate surface area is 212 Å². The van der Waals surface area contributed by atoms with E-state index in [1.165, 1.54) is 0 Å². The highest BCUT2D eigenvalue weighted by Gasteiger charge is 2.36. The predicted octanol–water partition coefficient (Wildman–Crippen LogP) is 6.47. The predicted molar refractivity (Wildman–Crippen MR) is 142 cm³/mol. The summed E-state index contributed by atoms with van der Waals surface area (Å²) in [5.74, 6) is 2.35. The molecule has 3 aromatic carbocycles. The standard InChI is InChI=1S/C30H32N2O4/c1-18(2)36-27-14-11-20(17-28(27)35-4)21-15-25-29(26(33)16-21)30(19-9-12-22(34-3)13-10-19)32-24-8-6-5-7-23(24)31-25/h5-14,17-18,21,30-32H,15-16H2,1-4H3. The molecule has 0 aromatic heterocycles. The monoisotopic (exact) mass is 484 g/mol. The van der Waals surface area contributed by atoms with Crippen LogP contribution in [0.5, 0.6) is 17.2 Å². The second-order valence-electron chi connectivity index (χ2n) is 9.52. The Balaban J connectivity index is 1.53. The van der Waals surface area contributed by atoms with Crippen molar-refractivity contribution in [1.29, 1.82) is 0 Å². The topological polar surface area (TPSA) is 68.8 Å². The highest BCUT2D eigenvalue weighted by Crippen LogP contribution is 2.45. The van der Waals surface area contributed by atoms with E-state index in [-0.39, 0.29) is 23.8 Å². The van der Waals surface area contributed by atoms with Gasteiger partial charge in [-0.05, 0) is 73.7 Å². The summed E-state index contributed by atoms with van der Waals surface area (Å²) in [7, 11) is 3.30. The van der Waals surface area contributed by atoms with E-state index in [4.69, 9.17) is 14.2 Å². The Bertz CT molecular complexity index is 1300. The number of hydrogen-bond acceptors (Lipinski definition) is 6. The number of para-hydroxylation sites is 2. The van der Waals surface area contributed by atoms with Crippen LogP contribution in [-0.4, -0.2) is 26.1 Å². The van der Waals surface area contributed by atoms with Crippen LogP contribution in [0, 0.1) is 0 Å². The molecule has 0 amide bonds. The first-order chi connectivity index (χ1) is 17.5. The fourth-order valence-electron chi connectivity index (χ4n) is 5.06. The van der Waals surface area contributed by atoms with Crippen molar-refractivity contribution in [3.63, 3.8) is 0 Å². The number of benzene rings is 3. The molecule has 0 fully saturated rings. The van der Waals surface area contributed by atoms with E-state index in [0.717, 1.165) is 45.9 Å². The van der Waals surface area contributed by atoms with Gasteiger partial charge in [-0.15, -0.1) is 0 Å². The maximum absolute atomic E-state index is 13.8. The summed E-state index contributed by atoms with van der Waals surface area (Å²) in [5.41, 5.74) is 5.76. The first-order valence-corrected chi connectivity index (χ1v) is 12.3. The second kappa shape index (κ2) is 9.97. The first-order valence-electron chi connectivity index (χ1n) is 12.3. The molecule has 6 heteroatoms. The van der Waals surface area contributed by atoms with Gasteiger partial charge in [0.25, 0.3) is 0 Å². The Morgan fingerprint density at radius 1 is 0.833 bits per heavy atom. The molecule has 5 rings (SSSR count). The van der Waals surface area contributed by atoms with Gasteiger partial charge in [0, 0.05) is 17.7 Å². The SMILES string of the molecule is COc1ccc(C2Nc3ccccc3NC3=C2C(=O)CC(c2ccc(OC(C)C)c(OC)c2)C3)cc1. The molecule has 2 aliphatic rings. The minimum absolute atomic E-state index is 0.0347. The zero-order chi connectivity index (χ0) is 25.2. The van der Waals surface area contributed by atoms with Gasteiger partial charge in [0.2, 0.25) is 0 Å². The highest BCUT2D eigenvalue weighted by atomic mass is 16.5. The van der Waals surface area contributed by atoms with Crippen LogP contribution in [0.25, 0.3) is 0 Å². The number of anilines is 2. The van der Waals surface area contributed by atoms with E-state index < -0.39 is 0 Å². The molecule has 0 radical (unpaired) electrons. The van der Waals surface area contributed by atoms with E-state index in [1.54, 1.807) is 14.2 Å². The van der Waals surface area contributed by atoms with Crippen LogP contribution in [0.2, 0.25) is 0 Å². The van der Waals surface area contributed by atoms with Crippen molar-refractivity contribution in [1.82, 2.24) is 0 Å². The minimum Gasteiger partial charge on any atom is -0.497 e. The number of methoxy groups -OCH3 is 2. The van der Waals surface area contributed by atoms with Gasteiger partial charge >= 0.3 is 0 Å². The molecule has 0 spiro atoms. The van der Waals surface area contributed by atoms with Crippen molar-refractivity contribution < 1.29 is 19.0 Å². The molecule has 2 atom stereocenters.